The molecule has 0 aromatic heterocycles. The number of nitrogens with zero attached hydrogens (tertiary/aromatic N) is 2. The summed E-state index contributed by atoms with van der Waals surface area (Å²) in [5.41, 5.74) is 0.962. The first-order valence-corrected chi connectivity index (χ1v) is 4.04. The van der Waals surface area contributed by atoms with Crippen molar-refractivity contribution in [2.75, 3.05) is 7.11 Å². The molecule has 0 aliphatic carbocycles. The van der Waals surface area contributed by atoms with Crippen LogP contribution < -0.4 is 4.74 Å². The van der Waals surface area contributed by atoms with Crippen LogP contribution in [0.3, 0.4) is 0 Å². The minimum Gasteiger partial charge on any atom is -0.442 e. The van der Waals surface area contributed by atoms with Gasteiger partial charge in [-0.25, -0.2) is 0 Å². The van der Waals surface area contributed by atoms with Gasteiger partial charge in [0.05, 0.1) is 12.5 Å². The van der Waals surface area contributed by atoms with E-state index in [9.17, 15) is 0 Å². The fraction of sp³-hybridized carbons (Fsp3) is 0.200. The first-order chi connectivity index (χ1) is 6.86. The molecule has 72 valence electrons. The standard InChI is InChI=1S/C10H10N2O2/c1-13-12-8-14-10-4-2-9(3-5-10)6-7-11/h2-5,8H,6H2,1H3. The quantitative estimate of drug-likeness (QED) is 0.412. The van der Waals surface area contributed by atoms with Gasteiger partial charge >= 0.3 is 0 Å². The third-order valence-corrected chi connectivity index (χ3v) is 1.54. The van der Waals surface area contributed by atoms with Crippen LogP contribution in [-0.4, -0.2) is 13.5 Å². The van der Waals surface area contributed by atoms with Gasteiger partial charge in [0.15, 0.2) is 0 Å². The van der Waals surface area contributed by atoms with Gasteiger partial charge in [0.2, 0.25) is 6.40 Å². The van der Waals surface area contributed by atoms with Gasteiger partial charge < -0.3 is 9.57 Å². The number of oxime groups is 1. The Bertz CT molecular complexity index is 338. The van der Waals surface area contributed by atoms with Crippen molar-refractivity contribution in [1.82, 2.24) is 0 Å². The summed E-state index contributed by atoms with van der Waals surface area (Å²) in [6.07, 6.45) is 1.62. The molecule has 4 heteroatoms. The Morgan fingerprint density at radius 2 is 2.14 bits per heavy atom. The molecule has 14 heavy (non-hydrogen) atoms. The highest BCUT2D eigenvalue weighted by atomic mass is 16.6. The normalized spacial score (nSPS) is 9.71. The topological polar surface area (TPSA) is 54.6 Å². The first-order valence-electron chi connectivity index (χ1n) is 4.04. The average Bonchev–Trinajstić information content (AvgIpc) is 2.21. The van der Waals surface area contributed by atoms with Gasteiger partial charge in [0.25, 0.3) is 0 Å². The van der Waals surface area contributed by atoms with Crippen LogP contribution in [0.2, 0.25) is 0 Å². The van der Waals surface area contributed by atoms with E-state index in [1.165, 1.54) is 13.5 Å². The summed E-state index contributed by atoms with van der Waals surface area (Å²) >= 11 is 0. The molecule has 4 nitrogen and oxygen atoms in total. The van der Waals surface area contributed by atoms with Crippen LogP contribution in [0.25, 0.3) is 0 Å². The van der Waals surface area contributed by atoms with Crippen molar-refractivity contribution in [2.24, 2.45) is 5.16 Å². The zero-order valence-corrected chi connectivity index (χ0v) is 7.80. The van der Waals surface area contributed by atoms with Crippen LogP contribution in [0.1, 0.15) is 5.56 Å². The molecule has 0 aliphatic heterocycles. The van der Waals surface area contributed by atoms with E-state index in [0.29, 0.717) is 12.2 Å². The predicted molar refractivity (Wildman–Crippen MR) is 51.9 cm³/mol. The molecule has 0 N–H and O–H groups in total. The summed E-state index contributed by atoms with van der Waals surface area (Å²) in [5.74, 6) is 0.660. The minimum absolute atomic E-state index is 0.409. The van der Waals surface area contributed by atoms with Gasteiger partial charge in [-0.1, -0.05) is 17.3 Å². The Morgan fingerprint density at radius 1 is 1.43 bits per heavy atom. The highest BCUT2D eigenvalue weighted by Gasteiger charge is 1.93. The molecule has 0 saturated heterocycles. The number of hydrogen-bond donors (Lipinski definition) is 0. The Hall–Kier alpha value is -2.02. The van der Waals surface area contributed by atoms with Crippen molar-refractivity contribution in [3.05, 3.63) is 29.8 Å². The molecule has 0 atom stereocenters. The lowest BCUT2D eigenvalue weighted by atomic mass is 10.2. The second-order valence-corrected chi connectivity index (χ2v) is 2.49. The van der Waals surface area contributed by atoms with E-state index in [-0.39, 0.29) is 0 Å². The highest BCUT2D eigenvalue weighted by Crippen LogP contribution is 2.11. The lowest BCUT2D eigenvalue weighted by Gasteiger charge is -1.99. The maximum absolute atomic E-state index is 8.44. The van der Waals surface area contributed by atoms with E-state index in [2.05, 4.69) is 16.1 Å². The number of benzene rings is 1. The summed E-state index contributed by atoms with van der Waals surface area (Å²) in [4.78, 5) is 4.43. The smallest absolute Gasteiger partial charge is 0.218 e. The van der Waals surface area contributed by atoms with E-state index in [1.54, 1.807) is 12.1 Å². The molecule has 1 aromatic carbocycles. The van der Waals surface area contributed by atoms with Crippen LogP contribution in [0.5, 0.6) is 5.75 Å². The SMILES string of the molecule is CON=COc1ccc(CC#N)cc1. The molecule has 0 heterocycles. The van der Waals surface area contributed by atoms with Crippen LogP contribution >= 0.6 is 0 Å². The minimum atomic E-state index is 0.409. The number of ether oxygens (including phenoxy) is 1. The molecule has 0 saturated carbocycles. The van der Waals surface area contributed by atoms with Crippen LogP contribution in [0.15, 0.2) is 29.4 Å². The summed E-state index contributed by atoms with van der Waals surface area (Å²) in [5, 5.41) is 11.9. The summed E-state index contributed by atoms with van der Waals surface area (Å²) in [7, 11) is 1.44. The van der Waals surface area contributed by atoms with E-state index in [1.807, 2.05) is 12.1 Å². The van der Waals surface area contributed by atoms with Gasteiger partial charge in [-0.15, -0.1) is 0 Å². The second kappa shape index (κ2) is 5.60. The van der Waals surface area contributed by atoms with E-state index >= 15 is 0 Å². The maximum Gasteiger partial charge on any atom is 0.218 e. The van der Waals surface area contributed by atoms with Crippen molar-refractivity contribution in [2.45, 2.75) is 6.42 Å². The third-order valence-electron chi connectivity index (χ3n) is 1.54. The Morgan fingerprint density at radius 3 is 2.71 bits per heavy atom. The van der Waals surface area contributed by atoms with Crippen molar-refractivity contribution in [3.8, 4) is 11.8 Å². The van der Waals surface area contributed by atoms with Gasteiger partial charge in [-0.05, 0) is 17.7 Å². The van der Waals surface area contributed by atoms with Crippen LogP contribution in [-0.2, 0) is 11.3 Å². The van der Waals surface area contributed by atoms with Gasteiger partial charge in [-0.3, -0.25) is 0 Å². The molecule has 0 radical (unpaired) electrons. The lowest BCUT2D eigenvalue weighted by molar-refractivity contribution is 0.209. The molecule has 0 aliphatic rings. The molecule has 1 rings (SSSR count). The van der Waals surface area contributed by atoms with Gasteiger partial charge in [0.1, 0.15) is 12.9 Å². The molecule has 0 spiro atoms. The molecule has 0 amide bonds. The summed E-state index contributed by atoms with van der Waals surface area (Å²) in [6, 6.07) is 9.28. The first kappa shape index (κ1) is 10.1. The number of rotatable bonds is 4. The van der Waals surface area contributed by atoms with Crippen molar-refractivity contribution in [3.63, 3.8) is 0 Å². The average molecular weight is 190 g/mol. The zero-order valence-electron chi connectivity index (χ0n) is 7.80. The largest absolute Gasteiger partial charge is 0.442 e. The molecular formula is C10H10N2O2. The molecule has 0 fully saturated rings. The Balaban J connectivity index is 2.56. The third kappa shape index (κ3) is 3.15. The molecule has 0 bridgehead atoms. The number of nitriles is 1. The van der Waals surface area contributed by atoms with Crippen molar-refractivity contribution < 1.29 is 9.57 Å². The lowest BCUT2D eigenvalue weighted by Crippen LogP contribution is -1.90. The van der Waals surface area contributed by atoms with E-state index in [4.69, 9.17) is 10.00 Å². The zero-order chi connectivity index (χ0) is 10.2. The molecule has 0 unspecified atom stereocenters. The fourth-order valence-electron chi connectivity index (χ4n) is 0.903. The van der Waals surface area contributed by atoms with Crippen LogP contribution in [0.4, 0.5) is 0 Å². The number of hydrogen-bond acceptors (Lipinski definition) is 4. The Kier molecular flexibility index (Phi) is 4.02. The van der Waals surface area contributed by atoms with Crippen LogP contribution in [0, 0.1) is 11.3 Å². The Labute approximate surface area is 82.4 Å². The fourth-order valence-corrected chi connectivity index (χ4v) is 0.903. The van der Waals surface area contributed by atoms with Gasteiger partial charge in [0, 0.05) is 0 Å². The highest BCUT2D eigenvalue weighted by molar-refractivity contribution is 5.51. The summed E-state index contributed by atoms with van der Waals surface area (Å²) < 4.78 is 5.08. The van der Waals surface area contributed by atoms with Crippen molar-refractivity contribution >= 4 is 6.40 Å². The molecule has 1 aromatic rings. The second-order valence-electron chi connectivity index (χ2n) is 2.49. The monoisotopic (exact) mass is 190 g/mol. The summed E-state index contributed by atoms with van der Waals surface area (Å²) in [6.45, 7) is 0. The van der Waals surface area contributed by atoms with E-state index < -0.39 is 0 Å². The van der Waals surface area contributed by atoms with E-state index in [0.717, 1.165) is 5.56 Å². The predicted octanol–water partition coefficient (Wildman–Crippen LogP) is 1.72. The van der Waals surface area contributed by atoms with Crippen molar-refractivity contribution in [1.29, 1.82) is 5.26 Å². The van der Waals surface area contributed by atoms with Gasteiger partial charge in [-0.2, -0.15) is 5.26 Å². The maximum atomic E-state index is 8.44. The molecular weight excluding hydrogens is 180 g/mol.